The summed E-state index contributed by atoms with van der Waals surface area (Å²) in [7, 11) is 0. The number of carbonyl (C=O) groups is 1. The van der Waals surface area contributed by atoms with E-state index in [0.717, 1.165) is 9.56 Å². The normalized spacial score (nSPS) is 19.4. The number of fused-ring (bicyclic) bond motifs is 1. The predicted molar refractivity (Wildman–Crippen MR) is 113 cm³/mol. The average Bonchev–Trinajstić information content (AvgIpc) is 3.35. The van der Waals surface area contributed by atoms with Crippen LogP contribution in [0.25, 0.3) is 0 Å². The van der Waals surface area contributed by atoms with Crippen molar-refractivity contribution in [1.29, 1.82) is 0 Å². The molecule has 4 rings (SSSR count). The molecule has 31 heavy (non-hydrogen) atoms. The highest BCUT2D eigenvalue weighted by atomic mass is 35.5. The van der Waals surface area contributed by atoms with Crippen LogP contribution in [0, 0.1) is 0 Å². The van der Waals surface area contributed by atoms with Gasteiger partial charge in [-0.15, -0.1) is 11.3 Å². The molecule has 164 valence electrons. The largest absolute Gasteiger partial charge is 0.410 e. The number of aliphatic hydroxyl groups excluding tert-OH is 1. The second kappa shape index (κ2) is 8.18. The summed E-state index contributed by atoms with van der Waals surface area (Å²) >= 11 is 7.65. The highest BCUT2D eigenvalue weighted by Crippen LogP contribution is 2.46. The minimum Gasteiger partial charge on any atom is -0.389 e. The Morgan fingerprint density at radius 3 is 2.65 bits per heavy atom. The Bertz CT molecular complexity index is 1080. The van der Waals surface area contributed by atoms with Crippen molar-refractivity contribution in [3.63, 3.8) is 0 Å². The van der Waals surface area contributed by atoms with Gasteiger partial charge in [-0.05, 0) is 36.1 Å². The molecule has 0 saturated carbocycles. The molecular formula is C20H18ClF3N4O2S. The number of halogens is 4. The molecule has 6 nitrogen and oxygen atoms in total. The van der Waals surface area contributed by atoms with Gasteiger partial charge in [0, 0.05) is 17.0 Å². The smallest absolute Gasteiger partial charge is 0.389 e. The van der Waals surface area contributed by atoms with E-state index in [1.807, 2.05) is 0 Å². The molecule has 0 spiro atoms. The lowest BCUT2D eigenvalue weighted by Crippen LogP contribution is -2.35. The summed E-state index contributed by atoms with van der Waals surface area (Å²) in [5, 5.41) is 20.7. The molecule has 0 radical (unpaired) electrons. The van der Waals surface area contributed by atoms with Crippen LogP contribution in [0.4, 0.5) is 24.7 Å². The number of aliphatic hydroxyl groups is 1. The summed E-state index contributed by atoms with van der Waals surface area (Å²) in [6, 6.07) is 7.41. The van der Waals surface area contributed by atoms with E-state index < -0.39 is 30.3 Å². The van der Waals surface area contributed by atoms with E-state index in [9.17, 15) is 23.1 Å². The summed E-state index contributed by atoms with van der Waals surface area (Å²) in [5.74, 6) is -0.768. The zero-order valence-corrected chi connectivity index (χ0v) is 17.7. The minimum atomic E-state index is -4.56. The van der Waals surface area contributed by atoms with E-state index >= 15 is 0 Å². The molecule has 3 atom stereocenters. The Morgan fingerprint density at radius 1 is 1.35 bits per heavy atom. The van der Waals surface area contributed by atoms with Crippen molar-refractivity contribution in [1.82, 2.24) is 9.78 Å². The van der Waals surface area contributed by atoms with Crippen molar-refractivity contribution in [3.05, 3.63) is 62.9 Å². The Labute approximate surface area is 184 Å². The number of rotatable bonds is 4. The van der Waals surface area contributed by atoms with Crippen molar-refractivity contribution in [3.8, 4) is 0 Å². The first-order valence-electron chi connectivity index (χ1n) is 9.39. The van der Waals surface area contributed by atoms with Gasteiger partial charge in [-0.2, -0.15) is 18.3 Å². The summed E-state index contributed by atoms with van der Waals surface area (Å²) in [6.07, 6.45) is -5.50. The first-order chi connectivity index (χ1) is 14.6. The Balaban J connectivity index is 1.64. The molecule has 11 heteroatoms. The van der Waals surface area contributed by atoms with Crippen molar-refractivity contribution in [2.75, 3.05) is 10.6 Å². The topological polar surface area (TPSA) is 79.2 Å². The lowest BCUT2D eigenvalue weighted by molar-refractivity contribution is -0.173. The number of aromatic nitrogens is 2. The van der Waals surface area contributed by atoms with Crippen LogP contribution in [0.3, 0.4) is 0 Å². The van der Waals surface area contributed by atoms with Gasteiger partial charge in [0.15, 0.2) is 11.7 Å². The van der Waals surface area contributed by atoms with Crippen LogP contribution in [0.2, 0.25) is 5.02 Å². The number of anilines is 2. The van der Waals surface area contributed by atoms with Crippen LogP contribution in [-0.4, -0.2) is 27.0 Å². The van der Waals surface area contributed by atoms with Crippen LogP contribution in [0.15, 0.2) is 41.8 Å². The number of nitrogens with one attached hydrogen (secondary N) is 2. The van der Waals surface area contributed by atoms with Crippen LogP contribution in [0.5, 0.6) is 0 Å². The van der Waals surface area contributed by atoms with Crippen LogP contribution >= 0.6 is 22.9 Å². The molecule has 3 heterocycles. The second-order valence-electron chi connectivity index (χ2n) is 7.21. The third-order valence-corrected chi connectivity index (χ3v) is 6.39. The zero-order valence-electron chi connectivity index (χ0n) is 16.2. The molecule has 3 aromatic rings. The minimum absolute atomic E-state index is 0.0387. The number of alkyl halides is 3. The van der Waals surface area contributed by atoms with E-state index in [1.54, 1.807) is 48.7 Å². The maximum absolute atomic E-state index is 13.8. The van der Waals surface area contributed by atoms with Gasteiger partial charge in [-0.1, -0.05) is 29.8 Å². The SMILES string of the molecule is CC(O)c1ccc(NC(=O)c2nn3c(c2Cl)N[C@@H](c2cccs2)C[C@H]3C(F)(F)F)cc1. The number of benzene rings is 1. The van der Waals surface area contributed by atoms with Crippen LogP contribution < -0.4 is 10.6 Å². The summed E-state index contributed by atoms with van der Waals surface area (Å²) in [6.45, 7) is 1.61. The van der Waals surface area contributed by atoms with E-state index in [0.29, 0.717) is 11.3 Å². The molecule has 1 unspecified atom stereocenters. The Morgan fingerprint density at radius 2 is 2.06 bits per heavy atom. The van der Waals surface area contributed by atoms with Gasteiger partial charge in [-0.25, -0.2) is 4.68 Å². The predicted octanol–water partition coefficient (Wildman–Crippen LogP) is 5.56. The van der Waals surface area contributed by atoms with Crippen molar-refractivity contribution in [2.45, 2.75) is 37.7 Å². The molecule has 1 amide bonds. The molecule has 0 saturated heterocycles. The van der Waals surface area contributed by atoms with Gasteiger partial charge in [0.25, 0.3) is 5.91 Å². The lowest BCUT2D eigenvalue weighted by Gasteiger charge is -2.32. The van der Waals surface area contributed by atoms with Crippen molar-refractivity contribution >= 4 is 40.4 Å². The molecule has 0 aliphatic carbocycles. The summed E-state index contributed by atoms with van der Waals surface area (Å²) < 4.78 is 42.1. The van der Waals surface area contributed by atoms with Crippen LogP contribution in [-0.2, 0) is 0 Å². The maximum Gasteiger partial charge on any atom is 0.410 e. The number of hydrogen-bond donors (Lipinski definition) is 3. The maximum atomic E-state index is 13.8. The van der Waals surface area contributed by atoms with Gasteiger partial charge >= 0.3 is 6.18 Å². The Hall–Kier alpha value is -2.56. The number of nitrogens with zero attached hydrogens (tertiary/aromatic N) is 2. The van der Waals surface area contributed by atoms with Gasteiger partial charge in [0.2, 0.25) is 0 Å². The molecule has 1 aliphatic rings. The number of amides is 1. The van der Waals surface area contributed by atoms with Crippen molar-refractivity contribution in [2.24, 2.45) is 0 Å². The molecule has 2 aromatic heterocycles. The first-order valence-corrected chi connectivity index (χ1v) is 10.6. The van der Waals surface area contributed by atoms with Gasteiger partial charge in [0.1, 0.15) is 10.8 Å². The molecule has 3 N–H and O–H groups in total. The molecule has 0 bridgehead atoms. The molecular weight excluding hydrogens is 453 g/mol. The van der Waals surface area contributed by atoms with E-state index in [4.69, 9.17) is 11.6 Å². The average molecular weight is 471 g/mol. The number of hydrogen-bond acceptors (Lipinski definition) is 5. The quantitative estimate of drug-likeness (QED) is 0.466. The van der Waals surface area contributed by atoms with E-state index in [1.165, 1.54) is 11.3 Å². The number of carbonyl (C=O) groups excluding carboxylic acids is 1. The first kappa shape index (κ1) is 21.7. The van der Waals surface area contributed by atoms with Gasteiger partial charge in [0.05, 0.1) is 12.1 Å². The summed E-state index contributed by atoms with van der Waals surface area (Å²) in [5.41, 5.74) is 0.753. The molecule has 0 fully saturated rings. The highest BCUT2D eigenvalue weighted by Gasteiger charge is 2.48. The highest BCUT2D eigenvalue weighted by molar-refractivity contribution is 7.10. The third kappa shape index (κ3) is 4.28. The second-order valence-corrected chi connectivity index (χ2v) is 8.57. The molecule has 1 aromatic carbocycles. The fraction of sp³-hybridized carbons (Fsp3) is 0.300. The van der Waals surface area contributed by atoms with Crippen LogP contribution in [0.1, 0.15) is 52.5 Å². The van der Waals surface area contributed by atoms with E-state index in [2.05, 4.69) is 15.7 Å². The summed E-state index contributed by atoms with van der Waals surface area (Å²) in [4.78, 5) is 13.4. The fourth-order valence-corrected chi connectivity index (χ4v) is 4.50. The monoisotopic (exact) mass is 470 g/mol. The lowest BCUT2D eigenvalue weighted by atomic mass is 10.0. The van der Waals surface area contributed by atoms with Gasteiger partial charge < -0.3 is 15.7 Å². The van der Waals surface area contributed by atoms with Gasteiger partial charge in [-0.3, -0.25) is 4.79 Å². The Kier molecular flexibility index (Phi) is 5.71. The fourth-order valence-electron chi connectivity index (χ4n) is 3.45. The van der Waals surface area contributed by atoms with Crippen molar-refractivity contribution < 1.29 is 23.1 Å². The standard InChI is InChI=1S/C20H18ClF3N4O2S/c1-10(29)11-4-6-12(7-5-11)25-19(30)17-16(21)18-26-13(14-3-2-8-31-14)9-15(20(22,23)24)28(18)27-17/h2-8,10,13,15,26,29H,9H2,1H3,(H,25,30)/t10?,13-,15+/m1/s1. The third-order valence-electron chi connectivity index (χ3n) is 5.05. The molecule has 1 aliphatic heterocycles. The van der Waals surface area contributed by atoms with E-state index in [-0.39, 0.29) is 23.0 Å². The zero-order chi connectivity index (χ0) is 22.3. The number of thiophene rings is 1.